The second-order valence-electron chi connectivity index (χ2n) is 10.3. The number of hydrogen-bond acceptors (Lipinski definition) is 5. The lowest BCUT2D eigenvalue weighted by atomic mass is 10.1. The van der Waals surface area contributed by atoms with Crippen LogP contribution in [0.2, 0.25) is 5.02 Å². The molecule has 0 aromatic heterocycles. The average molecular weight is 618 g/mol. The van der Waals surface area contributed by atoms with Crippen LogP contribution in [0.15, 0.2) is 102 Å². The Hall–Kier alpha value is -4.18. The highest BCUT2D eigenvalue weighted by Crippen LogP contribution is 2.31. The maximum Gasteiger partial charge on any atom is 0.264 e. The monoisotopic (exact) mass is 617 g/mol. The molecule has 1 heterocycles. The number of aryl methyl sites for hydroxylation is 1. The molecule has 1 saturated heterocycles. The molecule has 2 N–H and O–H groups in total. The average Bonchev–Trinajstić information content (AvgIpc) is 3.54. The molecule has 1 atom stereocenters. The minimum absolute atomic E-state index is 0.0281. The van der Waals surface area contributed by atoms with Crippen molar-refractivity contribution in [1.82, 2.24) is 5.32 Å². The molecular weight excluding hydrogens is 586 g/mol. The smallest absolute Gasteiger partial charge is 0.264 e. The quantitative estimate of drug-likeness (QED) is 0.220. The van der Waals surface area contributed by atoms with Crippen molar-refractivity contribution in [2.24, 2.45) is 0 Å². The van der Waals surface area contributed by atoms with Gasteiger partial charge in [-0.25, -0.2) is 8.42 Å². The molecule has 5 rings (SSSR count). The van der Waals surface area contributed by atoms with Crippen LogP contribution in [0.25, 0.3) is 0 Å². The summed E-state index contributed by atoms with van der Waals surface area (Å²) in [7, 11) is -4.10. The maximum atomic E-state index is 14.1. The van der Waals surface area contributed by atoms with E-state index >= 15 is 0 Å². The first-order chi connectivity index (χ1) is 20.7. The van der Waals surface area contributed by atoms with Gasteiger partial charge >= 0.3 is 0 Å². The van der Waals surface area contributed by atoms with Crippen LogP contribution in [-0.2, 0) is 21.3 Å². The molecule has 0 spiro atoms. The second-order valence-corrected chi connectivity index (χ2v) is 12.6. The van der Waals surface area contributed by atoms with Crippen LogP contribution in [0.4, 0.5) is 11.4 Å². The van der Waals surface area contributed by atoms with E-state index in [1.807, 2.05) is 6.92 Å². The highest BCUT2D eigenvalue weighted by atomic mass is 35.5. The van der Waals surface area contributed by atoms with Crippen molar-refractivity contribution >= 4 is 44.8 Å². The van der Waals surface area contributed by atoms with E-state index in [-0.39, 0.29) is 40.3 Å². The zero-order valence-corrected chi connectivity index (χ0v) is 25.2. The number of hydrogen-bond donors (Lipinski definition) is 2. The van der Waals surface area contributed by atoms with Crippen molar-refractivity contribution < 1.29 is 22.7 Å². The van der Waals surface area contributed by atoms with Crippen molar-refractivity contribution in [2.45, 2.75) is 37.3 Å². The van der Waals surface area contributed by atoms with Gasteiger partial charge in [-0.05, 0) is 73.9 Å². The number of sulfonamides is 1. The van der Waals surface area contributed by atoms with Crippen molar-refractivity contribution in [3.8, 4) is 0 Å². The van der Waals surface area contributed by atoms with Crippen molar-refractivity contribution in [1.29, 1.82) is 0 Å². The molecule has 8 nitrogen and oxygen atoms in total. The van der Waals surface area contributed by atoms with E-state index in [4.69, 9.17) is 16.3 Å². The molecule has 4 aromatic rings. The zero-order valence-electron chi connectivity index (χ0n) is 23.6. The number of anilines is 2. The Morgan fingerprint density at radius 1 is 0.884 bits per heavy atom. The van der Waals surface area contributed by atoms with E-state index in [1.165, 1.54) is 4.31 Å². The first-order valence-corrected chi connectivity index (χ1v) is 15.8. The zero-order chi connectivity index (χ0) is 30.4. The van der Waals surface area contributed by atoms with Gasteiger partial charge in [0.2, 0.25) is 0 Å². The predicted molar refractivity (Wildman–Crippen MR) is 168 cm³/mol. The van der Waals surface area contributed by atoms with Crippen molar-refractivity contribution in [2.75, 3.05) is 22.8 Å². The van der Waals surface area contributed by atoms with E-state index in [1.54, 1.807) is 97.1 Å². The summed E-state index contributed by atoms with van der Waals surface area (Å²) in [5.41, 5.74) is 2.51. The second kappa shape index (κ2) is 13.4. The number of carbonyl (C=O) groups is 2. The third-order valence-electron chi connectivity index (χ3n) is 7.20. The number of nitrogens with zero attached hydrogens (tertiary/aromatic N) is 1. The molecule has 1 aliphatic rings. The Morgan fingerprint density at radius 3 is 2.26 bits per heavy atom. The molecule has 4 aromatic carbocycles. The fourth-order valence-corrected chi connectivity index (χ4v) is 6.46. The lowest BCUT2D eigenvalue weighted by Gasteiger charge is -2.27. The van der Waals surface area contributed by atoms with E-state index in [0.717, 1.165) is 18.4 Å². The highest BCUT2D eigenvalue weighted by Gasteiger charge is 2.29. The molecule has 2 amide bonds. The molecule has 43 heavy (non-hydrogen) atoms. The summed E-state index contributed by atoms with van der Waals surface area (Å²) < 4.78 is 35.0. The van der Waals surface area contributed by atoms with Crippen molar-refractivity contribution in [3.63, 3.8) is 0 Å². The number of para-hydroxylation sites is 2. The summed E-state index contributed by atoms with van der Waals surface area (Å²) in [5.74, 6) is -0.902. The fourth-order valence-electron chi connectivity index (χ4n) is 4.86. The van der Waals surface area contributed by atoms with E-state index < -0.39 is 15.9 Å². The normalized spacial score (nSPS) is 14.7. The minimum atomic E-state index is -4.10. The standard InChI is InChI=1S/C33H32ClN3O5S/c1-23-12-18-27(19-13-23)43(40,41)37(22-24-14-16-25(34)17-15-24)31-11-5-3-9-29(31)33(39)36-30-10-4-2-8-28(30)32(38)35-21-26-7-6-20-42-26/h2-5,8-19,26H,6-7,20-22H2,1H3,(H,35,38)(H,36,39)/t26-/m1/s1. The van der Waals surface area contributed by atoms with Crippen LogP contribution >= 0.6 is 11.6 Å². The molecule has 1 aliphatic heterocycles. The Balaban J connectivity index is 1.47. The van der Waals surface area contributed by atoms with Gasteiger partial charge in [0.15, 0.2) is 0 Å². The van der Waals surface area contributed by atoms with Gasteiger partial charge in [-0.1, -0.05) is 65.7 Å². The van der Waals surface area contributed by atoms with Crippen LogP contribution in [0, 0.1) is 6.92 Å². The van der Waals surface area contributed by atoms with Gasteiger partial charge < -0.3 is 15.4 Å². The maximum absolute atomic E-state index is 14.1. The number of benzene rings is 4. The van der Waals surface area contributed by atoms with Gasteiger partial charge in [0.05, 0.1) is 40.0 Å². The molecule has 222 valence electrons. The highest BCUT2D eigenvalue weighted by molar-refractivity contribution is 7.92. The molecule has 1 fully saturated rings. The summed E-state index contributed by atoms with van der Waals surface area (Å²) in [6.45, 7) is 2.89. The van der Waals surface area contributed by atoms with Gasteiger partial charge in [0.1, 0.15) is 0 Å². The fraction of sp³-hybridized carbons (Fsp3) is 0.212. The number of amides is 2. The Labute approximate surface area is 256 Å². The van der Waals surface area contributed by atoms with E-state index in [2.05, 4.69) is 10.6 Å². The molecule has 0 radical (unpaired) electrons. The van der Waals surface area contributed by atoms with Crippen LogP contribution in [0.5, 0.6) is 0 Å². The largest absolute Gasteiger partial charge is 0.376 e. The Morgan fingerprint density at radius 2 is 1.56 bits per heavy atom. The molecule has 0 aliphatic carbocycles. The van der Waals surface area contributed by atoms with Crippen LogP contribution in [0.1, 0.15) is 44.7 Å². The van der Waals surface area contributed by atoms with Gasteiger partial charge in [0, 0.05) is 18.2 Å². The number of halogens is 1. The van der Waals surface area contributed by atoms with Crippen LogP contribution in [-0.4, -0.2) is 39.5 Å². The van der Waals surface area contributed by atoms with E-state index in [0.29, 0.717) is 29.4 Å². The lowest BCUT2D eigenvalue weighted by molar-refractivity contribution is 0.0858. The number of ether oxygens (including phenoxy) is 1. The predicted octanol–water partition coefficient (Wildman–Crippen LogP) is 6.21. The molecule has 0 unspecified atom stereocenters. The topological polar surface area (TPSA) is 105 Å². The first kappa shape index (κ1) is 30.3. The van der Waals surface area contributed by atoms with Gasteiger partial charge in [-0.3, -0.25) is 13.9 Å². The number of nitrogens with one attached hydrogen (secondary N) is 2. The molecular formula is C33H32ClN3O5S. The van der Waals surface area contributed by atoms with Gasteiger partial charge in [0.25, 0.3) is 21.8 Å². The van der Waals surface area contributed by atoms with Gasteiger partial charge in [-0.2, -0.15) is 0 Å². The Bertz CT molecular complexity index is 1700. The number of rotatable bonds is 10. The summed E-state index contributed by atoms with van der Waals surface area (Å²) in [6.07, 6.45) is 1.81. The SMILES string of the molecule is Cc1ccc(S(=O)(=O)N(Cc2ccc(Cl)cc2)c2ccccc2C(=O)Nc2ccccc2C(=O)NC[C@H]2CCCO2)cc1. The summed E-state index contributed by atoms with van der Waals surface area (Å²) >= 11 is 6.08. The number of carbonyl (C=O) groups excluding carboxylic acids is 2. The van der Waals surface area contributed by atoms with Crippen LogP contribution in [0.3, 0.4) is 0 Å². The minimum Gasteiger partial charge on any atom is -0.376 e. The van der Waals surface area contributed by atoms with Crippen LogP contribution < -0.4 is 14.9 Å². The summed E-state index contributed by atoms with van der Waals surface area (Å²) in [4.78, 5) is 26.9. The third-order valence-corrected chi connectivity index (χ3v) is 9.23. The molecule has 0 bridgehead atoms. The lowest BCUT2D eigenvalue weighted by Crippen LogP contribution is -2.33. The summed E-state index contributed by atoms with van der Waals surface area (Å²) in [6, 6.07) is 26.6. The Kier molecular flexibility index (Phi) is 9.45. The van der Waals surface area contributed by atoms with Crippen molar-refractivity contribution in [3.05, 3.63) is 124 Å². The van der Waals surface area contributed by atoms with Gasteiger partial charge in [-0.15, -0.1) is 0 Å². The molecule has 0 saturated carbocycles. The van der Waals surface area contributed by atoms with E-state index in [9.17, 15) is 18.0 Å². The summed E-state index contributed by atoms with van der Waals surface area (Å²) in [5, 5.41) is 6.24. The molecule has 10 heteroatoms. The third kappa shape index (κ3) is 7.25. The first-order valence-electron chi connectivity index (χ1n) is 14.0.